The second-order valence-electron chi connectivity index (χ2n) is 6.23. The molecule has 4 nitrogen and oxygen atoms in total. The van der Waals surface area contributed by atoms with Crippen molar-refractivity contribution in [2.45, 2.75) is 32.1 Å². The molecule has 4 heteroatoms. The van der Waals surface area contributed by atoms with Crippen LogP contribution in [0.3, 0.4) is 0 Å². The predicted molar refractivity (Wildman–Crippen MR) is 80.7 cm³/mol. The molecule has 2 heterocycles. The third-order valence-electron chi connectivity index (χ3n) is 5.00. The molecule has 0 radical (unpaired) electrons. The van der Waals surface area contributed by atoms with E-state index in [9.17, 15) is 0 Å². The molecule has 1 saturated carbocycles. The molecule has 0 spiro atoms. The third kappa shape index (κ3) is 1.94. The zero-order valence-electron chi connectivity index (χ0n) is 11.7. The number of fused-ring (bicyclic) bond motifs is 2. The van der Waals surface area contributed by atoms with E-state index in [2.05, 4.69) is 9.88 Å². The Hall–Kier alpha value is -1.71. The number of hydrogen-bond donors (Lipinski definition) is 1. The van der Waals surface area contributed by atoms with Crippen molar-refractivity contribution in [3.05, 3.63) is 18.2 Å². The molecule has 106 valence electrons. The molecule has 1 aromatic heterocycles. The van der Waals surface area contributed by atoms with E-state index in [1.807, 2.05) is 18.2 Å². The Morgan fingerprint density at radius 2 is 2.00 bits per heavy atom. The Labute approximate surface area is 118 Å². The Morgan fingerprint density at radius 1 is 1.15 bits per heavy atom. The van der Waals surface area contributed by atoms with Crippen molar-refractivity contribution < 1.29 is 4.42 Å². The summed E-state index contributed by atoms with van der Waals surface area (Å²) < 4.78 is 5.90. The van der Waals surface area contributed by atoms with Gasteiger partial charge in [-0.2, -0.15) is 4.98 Å². The first-order valence-electron chi connectivity index (χ1n) is 7.71. The Morgan fingerprint density at radius 3 is 2.85 bits per heavy atom. The highest BCUT2D eigenvalue weighted by Crippen LogP contribution is 2.38. The average Bonchev–Trinajstić information content (AvgIpc) is 2.92. The Kier molecular flexibility index (Phi) is 2.83. The quantitative estimate of drug-likeness (QED) is 0.807. The van der Waals surface area contributed by atoms with Gasteiger partial charge in [0, 0.05) is 13.1 Å². The number of nitrogens with zero attached hydrogens (tertiary/aromatic N) is 2. The smallest absolute Gasteiger partial charge is 0.298 e. The molecule has 0 bridgehead atoms. The molecule has 2 fully saturated rings. The lowest BCUT2D eigenvalue weighted by Crippen LogP contribution is -2.41. The number of hydrogen-bond acceptors (Lipinski definition) is 4. The summed E-state index contributed by atoms with van der Waals surface area (Å²) in [6, 6.07) is 6.49. The molecule has 2 aromatic rings. The molecule has 1 aliphatic heterocycles. The van der Waals surface area contributed by atoms with Crippen LogP contribution in [-0.2, 0) is 0 Å². The average molecular weight is 271 g/mol. The van der Waals surface area contributed by atoms with Gasteiger partial charge in [-0.25, -0.2) is 0 Å². The van der Waals surface area contributed by atoms with Crippen molar-refractivity contribution >= 4 is 22.8 Å². The first-order chi connectivity index (χ1) is 9.81. The highest BCUT2D eigenvalue weighted by Gasteiger charge is 2.32. The lowest BCUT2D eigenvalue weighted by atomic mass is 9.75. The highest BCUT2D eigenvalue weighted by molar-refractivity contribution is 5.86. The lowest BCUT2D eigenvalue weighted by Gasteiger charge is -2.40. The summed E-state index contributed by atoms with van der Waals surface area (Å²) in [4.78, 5) is 6.92. The van der Waals surface area contributed by atoms with E-state index in [1.54, 1.807) is 0 Å². The molecule has 1 saturated heterocycles. The van der Waals surface area contributed by atoms with Gasteiger partial charge >= 0.3 is 0 Å². The van der Waals surface area contributed by atoms with Gasteiger partial charge in [-0.3, -0.25) is 0 Å². The molecular weight excluding hydrogens is 250 g/mol. The van der Waals surface area contributed by atoms with Crippen molar-refractivity contribution in [2.75, 3.05) is 23.7 Å². The maximum Gasteiger partial charge on any atom is 0.298 e. The first kappa shape index (κ1) is 12.1. The number of para-hydroxylation sites is 1. The highest BCUT2D eigenvalue weighted by atomic mass is 16.4. The van der Waals surface area contributed by atoms with Gasteiger partial charge in [-0.05, 0) is 36.8 Å². The number of anilines is 2. The monoisotopic (exact) mass is 271 g/mol. The molecule has 2 N–H and O–H groups in total. The largest absolute Gasteiger partial charge is 0.423 e. The van der Waals surface area contributed by atoms with E-state index in [1.165, 1.54) is 32.1 Å². The predicted octanol–water partition coefficient (Wildman–Crippen LogP) is 3.43. The molecule has 1 aromatic carbocycles. The Bertz CT molecular complexity index is 621. The second kappa shape index (κ2) is 4.69. The summed E-state index contributed by atoms with van der Waals surface area (Å²) in [5.41, 5.74) is 8.26. The van der Waals surface area contributed by atoms with Gasteiger partial charge in [0.05, 0.1) is 5.69 Å². The SMILES string of the molecule is Nc1cccc2oc(N3CCC4CCCCC4C3)nc12. The molecular formula is C16H21N3O. The number of rotatable bonds is 1. The van der Waals surface area contributed by atoms with Gasteiger partial charge in [0.1, 0.15) is 5.52 Å². The fourth-order valence-electron chi connectivity index (χ4n) is 3.87. The van der Waals surface area contributed by atoms with E-state index in [0.717, 1.165) is 42.0 Å². The first-order valence-corrected chi connectivity index (χ1v) is 7.71. The van der Waals surface area contributed by atoms with E-state index >= 15 is 0 Å². The third-order valence-corrected chi connectivity index (χ3v) is 5.00. The minimum absolute atomic E-state index is 0.699. The summed E-state index contributed by atoms with van der Waals surface area (Å²) in [7, 11) is 0. The number of aromatic nitrogens is 1. The molecule has 4 rings (SSSR count). The zero-order valence-corrected chi connectivity index (χ0v) is 11.7. The summed E-state index contributed by atoms with van der Waals surface area (Å²) in [6.45, 7) is 2.16. The van der Waals surface area contributed by atoms with Crippen LogP contribution in [0.25, 0.3) is 11.1 Å². The summed E-state index contributed by atoms with van der Waals surface area (Å²) >= 11 is 0. The van der Waals surface area contributed by atoms with Gasteiger partial charge < -0.3 is 15.1 Å². The number of piperidine rings is 1. The number of oxazole rings is 1. The van der Waals surface area contributed by atoms with Crippen LogP contribution < -0.4 is 10.6 Å². The maximum atomic E-state index is 5.96. The Balaban J connectivity index is 1.61. The van der Waals surface area contributed by atoms with Gasteiger partial charge in [0.15, 0.2) is 5.58 Å². The van der Waals surface area contributed by atoms with Crippen LogP contribution in [0, 0.1) is 11.8 Å². The van der Waals surface area contributed by atoms with E-state index in [0.29, 0.717) is 5.69 Å². The minimum Gasteiger partial charge on any atom is -0.423 e. The van der Waals surface area contributed by atoms with E-state index in [4.69, 9.17) is 10.2 Å². The van der Waals surface area contributed by atoms with Gasteiger partial charge in [-0.1, -0.05) is 25.3 Å². The summed E-state index contributed by atoms with van der Waals surface area (Å²) in [6.07, 6.45) is 6.86. The number of nitrogens with two attached hydrogens (primary N) is 1. The normalized spacial score (nSPS) is 26.7. The molecule has 2 atom stereocenters. The molecule has 20 heavy (non-hydrogen) atoms. The van der Waals surface area contributed by atoms with Crippen LogP contribution in [0.4, 0.5) is 11.7 Å². The van der Waals surface area contributed by atoms with Gasteiger partial charge in [0.25, 0.3) is 6.01 Å². The second-order valence-corrected chi connectivity index (χ2v) is 6.23. The fourth-order valence-corrected chi connectivity index (χ4v) is 3.87. The van der Waals surface area contributed by atoms with Crippen molar-refractivity contribution in [1.82, 2.24) is 4.98 Å². The number of benzene rings is 1. The van der Waals surface area contributed by atoms with Crippen LogP contribution in [-0.4, -0.2) is 18.1 Å². The van der Waals surface area contributed by atoms with Crippen molar-refractivity contribution in [2.24, 2.45) is 11.8 Å². The van der Waals surface area contributed by atoms with Crippen LogP contribution in [0.2, 0.25) is 0 Å². The van der Waals surface area contributed by atoms with Crippen molar-refractivity contribution in [1.29, 1.82) is 0 Å². The van der Waals surface area contributed by atoms with Crippen LogP contribution in [0.15, 0.2) is 22.6 Å². The number of nitrogen functional groups attached to an aromatic ring is 1. The van der Waals surface area contributed by atoms with Gasteiger partial charge in [0.2, 0.25) is 0 Å². The summed E-state index contributed by atoms with van der Waals surface area (Å²) in [5, 5.41) is 0. The van der Waals surface area contributed by atoms with Gasteiger partial charge in [-0.15, -0.1) is 0 Å². The summed E-state index contributed by atoms with van der Waals surface area (Å²) in [5.74, 6) is 1.75. The minimum atomic E-state index is 0.699. The van der Waals surface area contributed by atoms with Crippen LogP contribution in [0.5, 0.6) is 0 Å². The van der Waals surface area contributed by atoms with Crippen LogP contribution >= 0.6 is 0 Å². The standard InChI is InChI=1S/C16H21N3O/c17-13-6-3-7-14-15(13)18-16(20-14)19-9-8-11-4-1-2-5-12(11)10-19/h3,6-7,11-12H,1-2,4-5,8-10,17H2. The fraction of sp³-hybridized carbons (Fsp3) is 0.562. The van der Waals surface area contributed by atoms with Crippen molar-refractivity contribution in [3.8, 4) is 0 Å². The zero-order chi connectivity index (χ0) is 13.5. The molecule has 2 aliphatic rings. The molecule has 0 amide bonds. The van der Waals surface area contributed by atoms with E-state index < -0.39 is 0 Å². The van der Waals surface area contributed by atoms with Crippen molar-refractivity contribution in [3.63, 3.8) is 0 Å². The maximum absolute atomic E-state index is 5.96. The molecule has 2 unspecified atom stereocenters. The van der Waals surface area contributed by atoms with E-state index in [-0.39, 0.29) is 0 Å². The lowest BCUT2D eigenvalue weighted by molar-refractivity contribution is 0.199. The van der Waals surface area contributed by atoms with Crippen LogP contribution in [0.1, 0.15) is 32.1 Å². The molecule has 1 aliphatic carbocycles. The topological polar surface area (TPSA) is 55.3 Å².